The lowest BCUT2D eigenvalue weighted by atomic mass is 9.93. The Kier molecular flexibility index (Phi) is 6.56. The van der Waals surface area contributed by atoms with E-state index in [1.165, 1.54) is 11.8 Å². The summed E-state index contributed by atoms with van der Waals surface area (Å²) in [6, 6.07) is 19.1. The molecule has 0 radical (unpaired) electrons. The largest absolute Gasteiger partial charge is 0.507 e. The number of anilines is 2. The van der Waals surface area contributed by atoms with Crippen LogP contribution in [0.1, 0.15) is 47.7 Å². The van der Waals surface area contributed by atoms with Crippen LogP contribution in [0.4, 0.5) is 11.4 Å². The lowest BCUT2D eigenvalue weighted by molar-refractivity contribution is -0.132. The van der Waals surface area contributed by atoms with Crippen molar-refractivity contribution in [3.05, 3.63) is 100 Å². The van der Waals surface area contributed by atoms with Gasteiger partial charge in [0.05, 0.1) is 11.6 Å². The van der Waals surface area contributed by atoms with Crippen molar-refractivity contribution in [1.82, 2.24) is 0 Å². The fraction of sp³-hybridized carbons (Fsp3) is 0.207. The fourth-order valence-electron chi connectivity index (χ4n) is 4.33. The van der Waals surface area contributed by atoms with Gasteiger partial charge < -0.3 is 10.4 Å². The molecule has 1 heterocycles. The van der Waals surface area contributed by atoms with Gasteiger partial charge in [-0.2, -0.15) is 0 Å². The molecule has 1 fully saturated rings. The molecule has 35 heavy (non-hydrogen) atoms. The third-order valence-electron chi connectivity index (χ3n) is 6.37. The SMILES string of the molecule is CCc1ccc(C2/C(=C(\O)c3ccc(C)c(C)c3)C(=O)C(=O)N2c2cccc(NC(C)=O)c2)cc1. The minimum atomic E-state index is -0.824. The number of nitrogens with one attached hydrogen (secondary N) is 1. The first-order valence-electron chi connectivity index (χ1n) is 11.6. The molecule has 3 aromatic rings. The summed E-state index contributed by atoms with van der Waals surface area (Å²) < 4.78 is 0. The molecule has 2 amide bonds. The molecule has 0 spiro atoms. The summed E-state index contributed by atoms with van der Waals surface area (Å²) in [6.07, 6.45) is 0.849. The fourth-order valence-corrected chi connectivity index (χ4v) is 4.33. The smallest absolute Gasteiger partial charge is 0.300 e. The van der Waals surface area contributed by atoms with E-state index in [1.807, 2.05) is 57.2 Å². The monoisotopic (exact) mass is 468 g/mol. The number of benzene rings is 3. The lowest BCUT2D eigenvalue weighted by Gasteiger charge is -2.26. The Labute approximate surface area is 204 Å². The van der Waals surface area contributed by atoms with Crippen molar-refractivity contribution in [3.63, 3.8) is 0 Å². The maximum atomic E-state index is 13.4. The molecule has 4 rings (SSSR count). The molecule has 6 nitrogen and oxygen atoms in total. The van der Waals surface area contributed by atoms with E-state index in [2.05, 4.69) is 5.32 Å². The maximum absolute atomic E-state index is 13.4. The van der Waals surface area contributed by atoms with Crippen LogP contribution in [0.5, 0.6) is 0 Å². The van der Waals surface area contributed by atoms with E-state index in [-0.39, 0.29) is 17.2 Å². The summed E-state index contributed by atoms with van der Waals surface area (Å²) >= 11 is 0. The van der Waals surface area contributed by atoms with E-state index in [9.17, 15) is 19.5 Å². The Morgan fingerprint density at radius 1 is 0.971 bits per heavy atom. The molecule has 1 atom stereocenters. The predicted octanol–water partition coefficient (Wildman–Crippen LogP) is 5.45. The zero-order chi connectivity index (χ0) is 25.3. The number of Topliss-reactive ketones (excluding diaryl/α,β-unsaturated/α-hetero) is 1. The second-order valence-corrected chi connectivity index (χ2v) is 8.79. The number of aryl methyl sites for hydroxylation is 3. The van der Waals surface area contributed by atoms with Gasteiger partial charge in [-0.25, -0.2) is 0 Å². The molecule has 2 N–H and O–H groups in total. The molecule has 0 saturated carbocycles. The van der Waals surface area contributed by atoms with Crippen molar-refractivity contribution in [2.45, 2.75) is 40.2 Å². The third-order valence-corrected chi connectivity index (χ3v) is 6.37. The van der Waals surface area contributed by atoms with Crippen LogP contribution in [-0.2, 0) is 20.8 Å². The summed E-state index contributed by atoms with van der Waals surface area (Å²) in [5.41, 5.74) is 5.32. The number of carbonyl (C=O) groups excluding carboxylic acids is 3. The standard InChI is InChI=1S/C29H28N2O4/c1-5-20-10-13-21(14-11-20)26-25(27(33)22-12-9-17(2)18(3)15-22)28(34)29(35)31(26)24-8-6-7-23(16-24)30-19(4)32/h6-16,26,33H,5H2,1-4H3,(H,30,32)/b27-25+. The molecule has 6 heteroatoms. The summed E-state index contributed by atoms with van der Waals surface area (Å²) in [5.74, 6) is -1.95. The molecule has 1 saturated heterocycles. The zero-order valence-electron chi connectivity index (χ0n) is 20.3. The van der Waals surface area contributed by atoms with Gasteiger partial charge in [0.25, 0.3) is 11.7 Å². The average Bonchev–Trinajstić information content (AvgIpc) is 3.10. The van der Waals surface area contributed by atoms with E-state index < -0.39 is 17.7 Å². The van der Waals surface area contributed by atoms with Gasteiger partial charge >= 0.3 is 0 Å². The first kappa shape index (κ1) is 24.0. The van der Waals surface area contributed by atoms with Crippen LogP contribution in [0, 0.1) is 13.8 Å². The van der Waals surface area contributed by atoms with Crippen LogP contribution in [0.15, 0.2) is 72.3 Å². The Morgan fingerprint density at radius 3 is 2.31 bits per heavy atom. The molecular formula is C29H28N2O4. The van der Waals surface area contributed by atoms with E-state index in [1.54, 1.807) is 30.3 Å². The van der Waals surface area contributed by atoms with Crippen molar-refractivity contribution in [2.75, 3.05) is 10.2 Å². The van der Waals surface area contributed by atoms with Gasteiger partial charge in [-0.05, 0) is 66.8 Å². The molecule has 178 valence electrons. The summed E-state index contributed by atoms with van der Waals surface area (Å²) in [7, 11) is 0. The molecule has 1 aliphatic heterocycles. The van der Waals surface area contributed by atoms with Gasteiger partial charge in [0.2, 0.25) is 5.91 Å². The van der Waals surface area contributed by atoms with Gasteiger partial charge in [-0.1, -0.05) is 49.4 Å². The first-order chi connectivity index (χ1) is 16.7. The molecule has 3 aromatic carbocycles. The van der Waals surface area contributed by atoms with E-state index in [4.69, 9.17) is 0 Å². The van der Waals surface area contributed by atoms with Crippen LogP contribution >= 0.6 is 0 Å². The Bertz CT molecular complexity index is 1360. The van der Waals surface area contributed by atoms with Crippen LogP contribution in [0.3, 0.4) is 0 Å². The highest BCUT2D eigenvalue weighted by atomic mass is 16.3. The number of carbonyl (C=O) groups is 3. The second kappa shape index (κ2) is 9.58. The number of aliphatic hydroxyl groups is 1. The number of hydrogen-bond donors (Lipinski definition) is 2. The topological polar surface area (TPSA) is 86.7 Å². The molecule has 0 aliphatic carbocycles. The second-order valence-electron chi connectivity index (χ2n) is 8.79. The highest BCUT2D eigenvalue weighted by molar-refractivity contribution is 6.51. The van der Waals surface area contributed by atoms with Gasteiger partial charge in [0.1, 0.15) is 5.76 Å². The van der Waals surface area contributed by atoms with Crippen molar-refractivity contribution in [1.29, 1.82) is 0 Å². The summed E-state index contributed by atoms with van der Waals surface area (Å²) in [5, 5.41) is 14.0. The quantitative estimate of drug-likeness (QED) is 0.296. The van der Waals surface area contributed by atoms with Crippen LogP contribution in [-0.4, -0.2) is 22.7 Å². The van der Waals surface area contributed by atoms with Gasteiger partial charge in [-0.3, -0.25) is 19.3 Å². The van der Waals surface area contributed by atoms with Crippen molar-refractivity contribution < 1.29 is 19.5 Å². The van der Waals surface area contributed by atoms with E-state index in [0.717, 1.165) is 23.1 Å². The number of aliphatic hydroxyl groups excluding tert-OH is 1. The Balaban J connectivity index is 1.92. The number of rotatable bonds is 5. The minimum absolute atomic E-state index is 0.0347. The van der Waals surface area contributed by atoms with Crippen molar-refractivity contribution in [3.8, 4) is 0 Å². The Hall–Kier alpha value is -4.19. The summed E-state index contributed by atoms with van der Waals surface area (Å²) in [4.78, 5) is 39.7. The molecule has 0 bridgehead atoms. The number of hydrogen-bond acceptors (Lipinski definition) is 4. The third kappa shape index (κ3) is 4.60. The first-order valence-corrected chi connectivity index (χ1v) is 11.6. The van der Waals surface area contributed by atoms with E-state index in [0.29, 0.717) is 22.5 Å². The average molecular weight is 469 g/mol. The number of nitrogens with zero attached hydrogens (tertiary/aromatic N) is 1. The van der Waals surface area contributed by atoms with Crippen molar-refractivity contribution in [2.24, 2.45) is 0 Å². The highest BCUT2D eigenvalue weighted by Crippen LogP contribution is 2.42. The van der Waals surface area contributed by atoms with Crippen molar-refractivity contribution >= 4 is 34.7 Å². The maximum Gasteiger partial charge on any atom is 0.300 e. The lowest BCUT2D eigenvalue weighted by Crippen LogP contribution is -2.29. The van der Waals surface area contributed by atoms with Crippen LogP contribution in [0.25, 0.3) is 5.76 Å². The number of amides is 2. The molecule has 1 unspecified atom stereocenters. The number of ketones is 1. The molecule has 1 aliphatic rings. The van der Waals surface area contributed by atoms with E-state index >= 15 is 0 Å². The van der Waals surface area contributed by atoms with Gasteiger partial charge in [0.15, 0.2) is 0 Å². The molecular weight excluding hydrogens is 440 g/mol. The predicted molar refractivity (Wildman–Crippen MR) is 137 cm³/mol. The Morgan fingerprint density at radius 2 is 1.69 bits per heavy atom. The highest BCUT2D eigenvalue weighted by Gasteiger charge is 2.47. The molecule has 0 aromatic heterocycles. The zero-order valence-corrected chi connectivity index (χ0v) is 20.3. The van der Waals surface area contributed by atoms with Gasteiger partial charge in [0, 0.05) is 23.9 Å². The van der Waals surface area contributed by atoms with Crippen LogP contribution in [0.2, 0.25) is 0 Å². The van der Waals surface area contributed by atoms with Crippen LogP contribution < -0.4 is 10.2 Å². The summed E-state index contributed by atoms with van der Waals surface area (Å²) in [6.45, 7) is 7.35. The van der Waals surface area contributed by atoms with Gasteiger partial charge in [-0.15, -0.1) is 0 Å². The normalized spacial score (nSPS) is 17.0. The minimum Gasteiger partial charge on any atom is -0.507 e.